The summed E-state index contributed by atoms with van der Waals surface area (Å²) in [5.74, 6) is 0.555. The van der Waals surface area contributed by atoms with Crippen molar-refractivity contribution in [1.29, 1.82) is 0 Å². The molecule has 1 amide bonds. The molecule has 2 aromatic heterocycles. The Kier molecular flexibility index (Phi) is 5.31. The summed E-state index contributed by atoms with van der Waals surface area (Å²) in [5.41, 5.74) is 1.64. The molecule has 1 unspecified atom stereocenters. The zero-order valence-electron chi connectivity index (χ0n) is 14.4. The molecule has 1 atom stereocenters. The number of nitrogens with zero attached hydrogens (tertiary/aromatic N) is 1. The van der Waals surface area contributed by atoms with Crippen molar-refractivity contribution < 1.29 is 14.3 Å². The van der Waals surface area contributed by atoms with E-state index in [0.29, 0.717) is 22.9 Å². The standard InChI is InChI=1S/C19H20N2O3S/c1-12(23-3)11-24-15-7-4-6-14(10-15)21-18(22)17-13(2)16-8-5-9-20-19(16)25-17/h4-10,12H,11H2,1-3H3,(H,21,22). The van der Waals surface area contributed by atoms with Gasteiger partial charge in [0.25, 0.3) is 5.91 Å². The predicted octanol–water partition coefficient (Wildman–Crippen LogP) is 4.27. The Bertz CT molecular complexity index is 891. The quantitative estimate of drug-likeness (QED) is 0.716. The number of pyridine rings is 1. The molecule has 0 radical (unpaired) electrons. The summed E-state index contributed by atoms with van der Waals surface area (Å²) >= 11 is 1.40. The number of amides is 1. The maximum Gasteiger partial charge on any atom is 0.266 e. The first kappa shape index (κ1) is 17.4. The Balaban J connectivity index is 1.75. The third-order valence-electron chi connectivity index (χ3n) is 3.90. The van der Waals surface area contributed by atoms with E-state index in [4.69, 9.17) is 9.47 Å². The van der Waals surface area contributed by atoms with E-state index in [1.807, 2.05) is 44.2 Å². The van der Waals surface area contributed by atoms with Crippen LogP contribution in [0.4, 0.5) is 5.69 Å². The van der Waals surface area contributed by atoms with Crippen LogP contribution in [0, 0.1) is 6.92 Å². The molecule has 0 aliphatic rings. The minimum Gasteiger partial charge on any atom is -0.491 e. The van der Waals surface area contributed by atoms with E-state index in [0.717, 1.165) is 15.8 Å². The van der Waals surface area contributed by atoms with Gasteiger partial charge in [-0.05, 0) is 37.6 Å². The van der Waals surface area contributed by atoms with Crippen LogP contribution in [0.15, 0.2) is 42.6 Å². The highest BCUT2D eigenvalue weighted by Crippen LogP contribution is 2.29. The average molecular weight is 356 g/mol. The minimum atomic E-state index is -0.136. The molecular weight excluding hydrogens is 336 g/mol. The SMILES string of the molecule is COC(C)COc1cccc(NC(=O)c2sc3ncccc3c2C)c1. The number of ether oxygens (including phenoxy) is 2. The molecule has 0 spiro atoms. The summed E-state index contributed by atoms with van der Waals surface area (Å²) in [7, 11) is 1.65. The van der Waals surface area contributed by atoms with Crippen molar-refractivity contribution in [2.75, 3.05) is 19.0 Å². The van der Waals surface area contributed by atoms with Crippen molar-refractivity contribution in [3.63, 3.8) is 0 Å². The number of aryl methyl sites for hydroxylation is 1. The van der Waals surface area contributed by atoms with E-state index in [2.05, 4.69) is 10.3 Å². The van der Waals surface area contributed by atoms with Crippen LogP contribution >= 0.6 is 11.3 Å². The molecule has 0 saturated heterocycles. The summed E-state index contributed by atoms with van der Waals surface area (Å²) in [6, 6.07) is 11.2. The molecule has 0 bridgehead atoms. The maximum absolute atomic E-state index is 12.6. The van der Waals surface area contributed by atoms with Crippen molar-refractivity contribution in [3.05, 3.63) is 53.0 Å². The molecule has 1 N–H and O–H groups in total. The van der Waals surface area contributed by atoms with Crippen molar-refractivity contribution in [2.45, 2.75) is 20.0 Å². The van der Waals surface area contributed by atoms with Gasteiger partial charge in [0.05, 0.1) is 11.0 Å². The molecule has 3 aromatic rings. The number of carbonyl (C=O) groups excluding carboxylic acids is 1. The first-order valence-corrected chi connectivity index (χ1v) is 8.81. The van der Waals surface area contributed by atoms with E-state index in [1.165, 1.54) is 11.3 Å². The van der Waals surface area contributed by atoms with Crippen molar-refractivity contribution in [3.8, 4) is 5.75 Å². The van der Waals surface area contributed by atoms with E-state index in [-0.39, 0.29) is 12.0 Å². The number of aromatic nitrogens is 1. The third kappa shape index (κ3) is 3.97. The normalized spacial score (nSPS) is 12.1. The van der Waals surface area contributed by atoms with Crippen LogP contribution in [0.5, 0.6) is 5.75 Å². The fraction of sp³-hybridized carbons (Fsp3) is 0.263. The van der Waals surface area contributed by atoms with E-state index in [9.17, 15) is 4.79 Å². The number of rotatable bonds is 6. The Hall–Kier alpha value is -2.44. The molecular formula is C19H20N2O3S. The second-order valence-electron chi connectivity index (χ2n) is 5.75. The predicted molar refractivity (Wildman–Crippen MR) is 101 cm³/mol. The summed E-state index contributed by atoms with van der Waals surface area (Å²) in [6.45, 7) is 4.33. The van der Waals surface area contributed by atoms with Gasteiger partial charge in [-0.2, -0.15) is 0 Å². The van der Waals surface area contributed by atoms with E-state index >= 15 is 0 Å². The zero-order chi connectivity index (χ0) is 17.8. The summed E-state index contributed by atoms with van der Waals surface area (Å²) in [6.07, 6.45) is 1.74. The van der Waals surface area contributed by atoms with Crippen LogP contribution in [0.25, 0.3) is 10.2 Å². The fourth-order valence-electron chi connectivity index (χ4n) is 2.40. The van der Waals surface area contributed by atoms with Crippen molar-refractivity contribution >= 4 is 33.1 Å². The van der Waals surface area contributed by atoms with Crippen LogP contribution in [-0.2, 0) is 4.74 Å². The van der Waals surface area contributed by atoms with E-state index < -0.39 is 0 Å². The Morgan fingerprint density at radius 3 is 2.92 bits per heavy atom. The van der Waals surface area contributed by atoms with Crippen molar-refractivity contribution in [1.82, 2.24) is 4.98 Å². The largest absolute Gasteiger partial charge is 0.491 e. The topological polar surface area (TPSA) is 60.5 Å². The van der Waals surface area contributed by atoms with Gasteiger partial charge in [-0.1, -0.05) is 12.1 Å². The molecule has 5 nitrogen and oxygen atoms in total. The number of carbonyl (C=O) groups is 1. The highest BCUT2D eigenvalue weighted by Gasteiger charge is 2.16. The lowest BCUT2D eigenvalue weighted by Crippen LogP contribution is -2.16. The van der Waals surface area contributed by atoms with Gasteiger partial charge < -0.3 is 14.8 Å². The smallest absolute Gasteiger partial charge is 0.266 e. The lowest BCUT2D eigenvalue weighted by molar-refractivity contribution is 0.0717. The maximum atomic E-state index is 12.6. The third-order valence-corrected chi connectivity index (χ3v) is 5.11. The second kappa shape index (κ2) is 7.63. The van der Waals surface area contributed by atoms with Gasteiger partial charge in [0.2, 0.25) is 0 Å². The Morgan fingerprint density at radius 2 is 2.16 bits per heavy atom. The molecule has 0 aliphatic carbocycles. The number of methoxy groups -OCH3 is 1. The number of benzene rings is 1. The number of thiophene rings is 1. The van der Waals surface area contributed by atoms with Gasteiger partial charge in [-0.25, -0.2) is 4.98 Å². The van der Waals surface area contributed by atoms with Gasteiger partial charge in [0.1, 0.15) is 17.2 Å². The molecule has 1 aromatic carbocycles. The lowest BCUT2D eigenvalue weighted by atomic mass is 10.2. The second-order valence-corrected chi connectivity index (χ2v) is 6.75. The molecule has 0 fully saturated rings. The molecule has 2 heterocycles. The van der Waals surface area contributed by atoms with Gasteiger partial charge in [0, 0.05) is 30.4 Å². The van der Waals surface area contributed by atoms with Crippen LogP contribution in [0.1, 0.15) is 22.2 Å². The zero-order valence-corrected chi connectivity index (χ0v) is 15.2. The number of hydrogen-bond donors (Lipinski definition) is 1. The molecule has 3 rings (SSSR count). The van der Waals surface area contributed by atoms with E-state index in [1.54, 1.807) is 19.4 Å². The number of fused-ring (bicyclic) bond motifs is 1. The summed E-state index contributed by atoms with van der Waals surface area (Å²) in [5, 5.41) is 3.95. The van der Waals surface area contributed by atoms with Crippen LogP contribution in [0.2, 0.25) is 0 Å². The fourth-order valence-corrected chi connectivity index (χ4v) is 3.45. The van der Waals surface area contributed by atoms with Gasteiger partial charge in [0.15, 0.2) is 0 Å². The first-order valence-electron chi connectivity index (χ1n) is 7.99. The van der Waals surface area contributed by atoms with Gasteiger partial charge in [-0.15, -0.1) is 11.3 Å². The number of hydrogen-bond acceptors (Lipinski definition) is 5. The highest BCUT2D eigenvalue weighted by atomic mass is 32.1. The summed E-state index contributed by atoms with van der Waals surface area (Å²) in [4.78, 5) is 18.5. The first-order chi connectivity index (χ1) is 12.1. The van der Waals surface area contributed by atoms with Gasteiger partial charge in [-0.3, -0.25) is 4.79 Å². The van der Waals surface area contributed by atoms with Crippen LogP contribution in [-0.4, -0.2) is 30.7 Å². The molecule has 25 heavy (non-hydrogen) atoms. The average Bonchev–Trinajstić information content (AvgIpc) is 2.97. The number of nitrogens with one attached hydrogen (secondary N) is 1. The Labute approximate surface area is 150 Å². The van der Waals surface area contributed by atoms with Crippen LogP contribution < -0.4 is 10.1 Å². The van der Waals surface area contributed by atoms with Gasteiger partial charge >= 0.3 is 0 Å². The highest BCUT2D eigenvalue weighted by molar-refractivity contribution is 7.20. The molecule has 0 aliphatic heterocycles. The van der Waals surface area contributed by atoms with Crippen LogP contribution in [0.3, 0.4) is 0 Å². The monoisotopic (exact) mass is 356 g/mol. The summed E-state index contributed by atoms with van der Waals surface area (Å²) < 4.78 is 10.8. The van der Waals surface area contributed by atoms with Crippen molar-refractivity contribution in [2.24, 2.45) is 0 Å². The molecule has 0 saturated carbocycles. The number of anilines is 1. The molecule has 6 heteroatoms. The molecule has 130 valence electrons. The Morgan fingerprint density at radius 1 is 1.32 bits per heavy atom. The lowest BCUT2D eigenvalue weighted by Gasteiger charge is -2.12. The minimum absolute atomic E-state index is 0.00643.